The van der Waals surface area contributed by atoms with Crippen molar-refractivity contribution in [2.24, 2.45) is 14.1 Å². The number of benzene rings is 2. The maximum Gasteiger partial charge on any atom is 0.0565 e. The first-order valence-corrected chi connectivity index (χ1v) is 15.0. The molecule has 4 aliphatic rings. The SMILES string of the molecule is Cn1c2c(c3c1=c1ccc(Br)cc1=C3)C(SC1C=CC=c3c1c1c(n3C)=c3ccc(Br)cc3=C1)C=CC=2. The third-order valence-electron chi connectivity index (χ3n) is 8.12. The number of nitrogens with zero attached hydrogens (tertiary/aromatic N) is 2. The van der Waals surface area contributed by atoms with Crippen molar-refractivity contribution in [1.82, 2.24) is 9.13 Å². The van der Waals surface area contributed by atoms with Gasteiger partial charge in [-0.2, -0.15) is 0 Å². The molecule has 2 aromatic heterocycles. The lowest BCUT2D eigenvalue weighted by atomic mass is 10.0. The van der Waals surface area contributed by atoms with Crippen molar-refractivity contribution in [3.63, 3.8) is 0 Å². The van der Waals surface area contributed by atoms with E-state index in [-0.39, 0.29) is 10.5 Å². The van der Waals surface area contributed by atoms with Gasteiger partial charge in [0.1, 0.15) is 0 Å². The van der Waals surface area contributed by atoms with Crippen molar-refractivity contribution < 1.29 is 0 Å². The first-order chi connectivity index (χ1) is 18.0. The quantitative estimate of drug-likeness (QED) is 0.264. The fourth-order valence-corrected chi connectivity index (χ4v) is 8.76. The summed E-state index contributed by atoms with van der Waals surface area (Å²) in [7, 11) is 4.42. The molecular weight excluding hydrogens is 604 g/mol. The number of fused-ring (bicyclic) bond motifs is 8. The molecular formula is C32H22Br2N2S. The molecule has 2 nitrogen and oxygen atoms in total. The second-order valence-corrected chi connectivity index (χ2v) is 13.2. The standard InChI is InChI=1S/C32H22Br2N2S/c1-35-25-5-3-7-27(29(25)23-15-17-13-19(33)9-11-21(17)31(23)35)37-28-8-4-6-26-30(28)24-16-18-14-20(34)10-12-22(18)32(24)36(26)2/h3-16,27-28H,1-2H3. The lowest BCUT2D eigenvalue weighted by Gasteiger charge is -2.22. The Morgan fingerprint density at radius 1 is 0.676 bits per heavy atom. The number of hydrogen-bond donors (Lipinski definition) is 0. The minimum atomic E-state index is 0.276. The Balaban J connectivity index is 1.30. The number of hydrogen-bond acceptors (Lipinski definition) is 1. The molecule has 0 N–H and O–H groups in total. The molecule has 0 spiro atoms. The summed E-state index contributed by atoms with van der Waals surface area (Å²) in [5.41, 5.74) is 5.62. The Morgan fingerprint density at radius 2 is 1.14 bits per heavy atom. The van der Waals surface area contributed by atoms with E-state index < -0.39 is 0 Å². The topological polar surface area (TPSA) is 9.86 Å². The van der Waals surface area contributed by atoms with Gasteiger partial charge >= 0.3 is 0 Å². The zero-order valence-corrected chi connectivity index (χ0v) is 24.3. The predicted octanol–water partition coefficient (Wildman–Crippen LogP) is 4.96. The average molecular weight is 626 g/mol. The van der Waals surface area contributed by atoms with Crippen molar-refractivity contribution in [1.29, 1.82) is 0 Å². The van der Waals surface area contributed by atoms with E-state index in [0.717, 1.165) is 8.95 Å². The fourth-order valence-electron chi connectivity index (χ4n) is 6.56. The van der Waals surface area contributed by atoms with E-state index in [1.807, 2.05) is 0 Å². The third-order valence-corrected chi connectivity index (χ3v) is 10.5. The molecule has 0 amide bonds. The molecule has 4 aromatic rings. The van der Waals surface area contributed by atoms with Crippen LogP contribution in [0.5, 0.6) is 0 Å². The van der Waals surface area contributed by atoms with Gasteiger partial charge in [-0.1, -0.05) is 68.3 Å². The van der Waals surface area contributed by atoms with E-state index in [9.17, 15) is 0 Å². The van der Waals surface area contributed by atoms with Crippen LogP contribution in [0.4, 0.5) is 0 Å². The Morgan fingerprint density at radius 3 is 1.59 bits per heavy atom. The molecule has 2 heterocycles. The van der Waals surface area contributed by atoms with Gasteiger partial charge in [0.15, 0.2) is 0 Å². The molecule has 0 radical (unpaired) electrons. The van der Waals surface area contributed by atoms with E-state index in [1.165, 1.54) is 64.5 Å². The predicted molar refractivity (Wildman–Crippen MR) is 160 cm³/mol. The molecule has 180 valence electrons. The molecule has 0 fully saturated rings. The van der Waals surface area contributed by atoms with Crippen molar-refractivity contribution in [3.8, 4) is 0 Å². The molecule has 0 bridgehead atoms. The first-order valence-electron chi connectivity index (χ1n) is 12.4. The van der Waals surface area contributed by atoms with E-state index in [2.05, 4.69) is 152 Å². The van der Waals surface area contributed by atoms with E-state index in [4.69, 9.17) is 0 Å². The van der Waals surface area contributed by atoms with Crippen LogP contribution in [0.15, 0.2) is 69.6 Å². The Hall–Kier alpha value is -2.73. The maximum atomic E-state index is 3.66. The van der Waals surface area contributed by atoms with E-state index >= 15 is 0 Å². The largest absolute Gasteiger partial charge is 0.343 e. The molecule has 4 aliphatic carbocycles. The summed E-state index contributed by atoms with van der Waals surface area (Å²) in [6.45, 7) is 0. The fraction of sp³-hybridized carbons (Fsp3) is 0.125. The summed E-state index contributed by atoms with van der Waals surface area (Å²) in [5.74, 6) is 0. The van der Waals surface area contributed by atoms with Crippen LogP contribution >= 0.6 is 43.6 Å². The Labute approximate surface area is 234 Å². The van der Waals surface area contributed by atoms with Gasteiger partial charge in [-0.25, -0.2) is 0 Å². The minimum Gasteiger partial charge on any atom is -0.343 e. The van der Waals surface area contributed by atoms with E-state index in [0.29, 0.717) is 0 Å². The van der Waals surface area contributed by atoms with E-state index in [1.54, 1.807) is 0 Å². The number of halogens is 2. The Bertz CT molecular complexity index is 2070. The summed E-state index contributed by atoms with van der Waals surface area (Å²) < 4.78 is 7.02. The molecule has 2 aromatic carbocycles. The molecule has 0 aliphatic heterocycles. The highest BCUT2D eigenvalue weighted by molar-refractivity contribution is 9.10. The number of aromatic nitrogens is 2. The van der Waals surface area contributed by atoms with Crippen LogP contribution in [0.2, 0.25) is 0 Å². The van der Waals surface area contributed by atoms with Gasteiger partial charge in [0, 0.05) is 66.4 Å². The van der Waals surface area contributed by atoms with Gasteiger partial charge < -0.3 is 9.13 Å². The van der Waals surface area contributed by atoms with Crippen LogP contribution in [-0.4, -0.2) is 9.13 Å². The van der Waals surface area contributed by atoms with Crippen molar-refractivity contribution in [2.45, 2.75) is 10.5 Å². The summed E-state index contributed by atoms with van der Waals surface area (Å²) in [4.78, 5) is 0. The first kappa shape index (κ1) is 22.3. The van der Waals surface area contributed by atoms with Crippen molar-refractivity contribution in [3.05, 3.63) is 134 Å². The Kier molecular flexibility index (Phi) is 4.75. The summed E-state index contributed by atoms with van der Waals surface area (Å²) >= 11 is 9.37. The molecule has 2 unspecified atom stereocenters. The van der Waals surface area contributed by atoms with Crippen LogP contribution in [0, 0.1) is 21.1 Å². The third kappa shape index (κ3) is 3.05. The van der Waals surface area contributed by atoms with Gasteiger partial charge in [0.25, 0.3) is 0 Å². The lowest BCUT2D eigenvalue weighted by Crippen LogP contribution is -2.23. The molecule has 0 saturated carbocycles. The normalized spacial score (nSPS) is 19.0. The van der Waals surface area contributed by atoms with Gasteiger partial charge in [-0.15, -0.1) is 11.8 Å². The van der Waals surface area contributed by atoms with Crippen molar-refractivity contribution in [2.75, 3.05) is 0 Å². The van der Waals surface area contributed by atoms with Crippen molar-refractivity contribution >= 4 is 67.9 Å². The van der Waals surface area contributed by atoms with Crippen LogP contribution in [0.3, 0.4) is 0 Å². The van der Waals surface area contributed by atoms with Gasteiger partial charge in [0.05, 0.1) is 21.2 Å². The van der Waals surface area contributed by atoms with Crippen LogP contribution in [-0.2, 0) is 14.1 Å². The second kappa shape index (κ2) is 7.89. The molecule has 8 rings (SSSR count). The number of rotatable bonds is 2. The molecule has 5 heteroatoms. The number of allylic oxidation sites excluding steroid dienone is 2. The smallest absolute Gasteiger partial charge is 0.0565 e. The van der Waals surface area contributed by atoms with Gasteiger partial charge in [0.2, 0.25) is 0 Å². The van der Waals surface area contributed by atoms with Gasteiger partial charge in [-0.05, 0) is 59.0 Å². The van der Waals surface area contributed by atoms with Crippen LogP contribution < -0.4 is 21.1 Å². The second-order valence-electron chi connectivity index (χ2n) is 10.1. The molecule has 2 atom stereocenters. The molecule has 37 heavy (non-hydrogen) atoms. The highest BCUT2D eigenvalue weighted by atomic mass is 79.9. The average Bonchev–Trinajstić information content (AvgIpc) is 3.59. The zero-order chi connectivity index (χ0) is 25.0. The zero-order valence-electron chi connectivity index (χ0n) is 20.3. The minimum absolute atomic E-state index is 0.276. The lowest BCUT2D eigenvalue weighted by molar-refractivity contribution is 0.849. The highest BCUT2D eigenvalue weighted by Crippen LogP contribution is 2.45. The van der Waals surface area contributed by atoms with Gasteiger partial charge in [-0.3, -0.25) is 0 Å². The van der Waals surface area contributed by atoms with Crippen LogP contribution in [0.25, 0.3) is 24.3 Å². The monoisotopic (exact) mass is 624 g/mol. The summed E-state index contributed by atoms with van der Waals surface area (Å²) in [6, 6.07) is 13.3. The summed E-state index contributed by atoms with van der Waals surface area (Å²) in [6.07, 6.45) is 18.6. The highest BCUT2D eigenvalue weighted by Gasteiger charge is 2.29. The van der Waals surface area contributed by atoms with Crippen LogP contribution in [0.1, 0.15) is 32.8 Å². The maximum absolute atomic E-state index is 3.66. The number of thioether (sulfide) groups is 1. The summed E-state index contributed by atoms with van der Waals surface area (Å²) in [5, 5.41) is 11.1. The molecule has 0 saturated heterocycles.